The Hall–Kier alpha value is -1.84. The molecule has 3 rings (SSSR count). The van der Waals surface area contributed by atoms with Crippen LogP contribution in [0.5, 0.6) is 0 Å². The van der Waals surface area contributed by atoms with E-state index in [1.165, 1.54) is 10.9 Å². The lowest BCUT2D eigenvalue weighted by Gasteiger charge is -2.25. The Bertz CT molecular complexity index is 784. The molecule has 7 nitrogen and oxygen atoms in total. The first kappa shape index (κ1) is 17.0. The van der Waals surface area contributed by atoms with Gasteiger partial charge in [0.25, 0.3) is 0 Å². The lowest BCUT2D eigenvalue weighted by molar-refractivity contribution is 0.484. The number of rotatable bonds is 5. The number of nitrogens with one attached hydrogen (secondary N) is 2. The third-order valence-electron chi connectivity index (χ3n) is 4.12. The second-order valence-electron chi connectivity index (χ2n) is 5.89. The molecule has 130 valence electrons. The highest BCUT2D eigenvalue weighted by Gasteiger charge is 2.28. The van der Waals surface area contributed by atoms with Gasteiger partial charge in [0, 0.05) is 12.2 Å². The first-order chi connectivity index (χ1) is 11.5. The van der Waals surface area contributed by atoms with Crippen LogP contribution < -0.4 is 10.0 Å². The Kier molecular flexibility index (Phi) is 4.93. The van der Waals surface area contributed by atoms with E-state index >= 15 is 0 Å². The maximum atomic E-state index is 13.0. The van der Waals surface area contributed by atoms with Gasteiger partial charge in [0.05, 0.1) is 17.6 Å². The summed E-state index contributed by atoms with van der Waals surface area (Å²) in [7, 11) is -3.37. The van der Waals surface area contributed by atoms with Gasteiger partial charge >= 0.3 is 0 Å². The second-order valence-corrected chi connectivity index (χ2v) is 7.88. The zero-order valence-electron chi connectivity index (χ0n) is 13.3. The van der Waals surface area contributed by atoms with Gasteiger partial charge < -0.3 is 5.32 Å². The van der Waals surface area contributed by atoms with Crippen molar-refractivity contribution in [2.24, 2.45) is 0 Å². The molecule has 2 aromatic rings. The zero-order chi connectivity index (χ0) is 17.2. The van der Waals surface area contributed by atoms with Gasteiger partial charge in [0.2, 0.25) is 10.0 Å². The number of nitrogens with zero attached hydrogens (tertiary/aromatic N) is 3. The minimum atomic E-state index is -3.37. The summed E-state index contributed by atoms with van der Waals surface area (Å²) in [6, 6.07) is 3.05. The average Bonchev–Trinajstić information content (AvgIpc) is 3.02. The number of halogens is 1. The van der Waals surface area contributed by atoms with Gasteiger partial charge in [0.1, 0.15) is 0 Å². The van der Waals surface area contributed by atoms with E-state index in [1.54, 1.807) is 25.3 Å². The van der Waals surface area contributed by atoms with Crippen molar-refractivity contribution in [2.45, 2.75) is 31.1 Å². The summed E-state index contributed by atoms with van der Waals surface area (Å²) in [6.07, 6.45) is 5.13. The number of aromatic nitrogens is 3. The van der Waals surface area contributed by atoms with Crippen LogP contribution >= 0.6 is 0 Å². The molecule has 0 aromatic carbocycles. The molecule has 1 saturated heterocycles. The standard InChI is InChI=1S/C15H20FN5O2S/c1-11(20-24(22,23)14-4-6-17-7-5-14)12-2-3-15(18-8-12)21-10-13(16)9-19-21/h2-3,8-11,14,17,20H,4-7H2,1H3. The van der Waals surface area contributed by atoms with E-state index in [1.807, 2.05) is 0 Å². The lowest BCUT2D eigenvalue weighted by Crippen LogP contribution is -2.42. The van der Waals surface area contributed by atoms with Crippen LogP contribution in [0, 0.1) is 5.82 Å². The molecule has 0 spiro atoms. The fraction of sp³-hybridized carbons (Fsp3) is 0.467. The van der Waals surface area contributed by atoms with Gasteiger partial charge in [-0.05, 0) is 44.5 Å². The Morgan fingerprint density at radius 3 is 2.67 bits per heavy atom. The molecule has 9 heteroatoms. The van der Waals surface area contributed by atoms with Crippen molar-refractivity contribution in [2.75, 3.05) is 13.1 Å². The molecule has 2 N–H and O–H groups in total. The van der Waals surface area contributed by atoms with Gasteiger partial charge in [-0.2, -0.15) is 5.10 Å². The van der Waals surface area contributed by atoms with Gasteiger partial charge in [-0.1, -0.05) is 6.07 Å². The minimum Gasteiger partial charge on any atom is -0.317 e. The predicted molar refractivity (Wildman–Crippen MR) is 87.7 cm³/mol. The summed E-state index contributed by atoms with van der Waals surface area (Å²) in [5, 5.41) is 6.64. The fourth-order valence-electron chi connectivity index (χ4n) is 2.73. The van der Waals surface area contributed by atoms with Crippen LogP contribution in [0.25, 0.3) is 5.82 Å². The summed E-state index contributed by atoms with van der Waals surface area (Å²) in [4.78, 5) is 4.21. The molecule has 1 aliphatic rings. The van der Waals surface area contributed by atoms with Gasteiger partial charge in [-0.3, -0.25) is 0 Å². The average molecular weight is 353 g/mol. The maximum absolute atomic E-state index is 13.0. The van der Waals surface area contributed by atoms with E-state index in [4.69, 9.17) is 0 Å². The molecule has 24 heavy (non-hydrogen) atoms. The van der Waals surface area contributed by atoms with E-state index < -0.39 is 15.8 Å². The van der Waals surface area contributed by atoms with E-state index in [0.717, 1.165) is 24.8 Å². The Balaban J connectivity index is 1.69. The third-order valence-corrected chi connectivity index (χ3v) is 6.15. The van der Waals surface area contributed by atoms with Crippen molar-refractivity contribution in [1.82, 2.24) is 24.8 Å². The zero-order valence-corrected chi connectivity index (χ0v) is 14.1. The quantitative estimate of drug-likeness (QED) is 0.841. The summed E-state index contributed by atoms with van der Waals surface area (Å²) in [6.45, 7) is 3.22. The highest BCUT2D eigenvalue weighted by atomic mass is 32.2. The van der Waals surface area contributed by atoms with Crippen molar-refractivity contribution < 1.29 is 12.8 Å². The van der Waals surface area contributed by atoms with Crippen molar-refractivity contribution in [3.05, 3.63) is 42.1 Å². The van der Waals surface area contributed by atoms with Crippen LogP contribution in [0.15, 0.2) is 30.7 Å². The maximum Gasteiger partial charge on any atom is 0.215 e. The van der Waals surface area contributed by atoms with Crippen LogP contribution in [-0.4, -0.2) is 41.5 Å². The van der Waals surface area contributed by atoms with Crippen LogP contribution in [-0.2, 0) is 10.0 Å². The van der Waals surface area contributed by atoms with Crippen molar-refractivity contribution in [1.29, 1.82) is 0 Å². The van der Waals surface area contributed by atoms with Gasteiger partial charge in [-0.15, -0.1) is 0 Å². The molecule has 0 bridgehead atoms. The number of hydrogen-bond acceptors (Lipinski definition) is 5. The molecule has 1 aliphatic heterocycles. The van der Waals surface area contributed by atoms with Gasteiger partial charge in [-0.25, -0.2) is 27.2 Å². The summed E-state index contributed by atoms with van der Waals surface area (Å²) < 4.78 is 41.9. The van der Waals surface area contributed by atoms with Gasteiger partial charge in [0.15, 0.2) is 11.6 Å². The molecule has 1 fully saturated rings. The normalized spacial score (nSPS) is 17.8. The highest BCUT2D eigenvalue weighted by Crippen LogP contribution is 2.18. The highest BCUT2D eigenvalue weighted by molar-refractivity contribution is 7.90. The third kappa shape index (κ3) is 3.80. The van der Waals surface area contributed by atoms with E-state index in [-0.39, 0.29) is 11.3 Å². The second kappa shape index (κ2) is 6.96. The molecule has 1 unspecified atom stereocenters. The van der Waals surface area contributed by atoms with E-state index in [9.17, 15) is 12.8 Å². The monoisotopic (exact) mass is 353 g/mol. The van der Waals surface area contributed by atoms with Crippen LogP contribution in [0.2, 0.25) is 0 Å². The van der Waals surface area contributed by atoms with Crippen molar-refractivity contribution in [3.63, 3.8) is 0 Å². The Morgan fingerprint density at radius 1 is 1.33 bits per heavy atom. The molecule has 0 saturated carbocycles. The number of pyridine rings is 1. The first-order valence-electron chi connectivity index (χ1n) is 7.84. The predicted octanol–water partition coefficient (Wildman–Crippen LogP) is 1.14. The molecular formula is C15H20FN5O2S. The van der Waals surface area contributed by atoms with Crippen LogP contribution in [0.1, 0.15) is 31.4 Å². The molecule has 0 amide bonds. The molecule has 0 radical (unpaired) electrons. The molecule has 3 heterocycles. The minimum absolute atomic E-state index is 0.361. The van der Waals surface area contributed by atoms with E-state index in [2.05, 4.69) is 20.1 Å². The smallest absolute Gasteiger partial charge is 0.215 e. The Morgan fingerprint density at radius 2 is 2.08 bits per heavy atom. The fourth-order valence-corrected chi connectivity index (χ4v) is 4.41. The molecule has 0 aliphatic carbocycles. The largest absolute Gasteiger partial charge is 0.317 e. The number of hydrogen-bond donors (Lipinski definition) is 2. The molecular weight excluding hydrogens is 333 g/mol. The van der Waals surface area contributed by atoms with E-state index in [0.29, 0.717) is 18.7 Å². The number of sulfonamides is 1. The lowest BCUT2D eigenvalue weighted by atomic mass is 10.1. The summed E-state index contributed by atoms with van der Waals surface area (Å²) in [5.74, 6) is 0.0278. The summed E-state index contributed by atoms with van der Waals surface area (Å²) >= 11 is 0. The Labute approximate surface area is 140 Å². The SMILES string of the molecule is CC(NS(=O)(=O)C1CCNCC1)c1ccc(-n2cc(F)cn2)nc1. The van der Waals surface area contributed by atoms with Crippen molar-refractivity contribution in [3.8, 4) is 5.82 Å². The van der Waals surface area contributed by atoms with Crippen molar-refractivity contribution >= 4 is 10.0 Å². The topological polar surface area (TPSA) is 88.9 Å². The van der Waals surface area contributed by atoms with Crippen LogP contribution in [0.4, 0.5) is 4.39 Å². The summed E-state index contributed by atoms with van der Waals surface area (Å²) in [5.41, 5.74) is 0.740. The molecule has 1 atom stereocenters. The van der Waals surface area contributed by atoms with Crippen LogP contribution in [0.3, 0.4) is 0 Å². The molecule has 2 aromatic heterocycles. The number of piperidine rings is 1. The first-order valence-corrected chi connectivity index (χ1v) is 9.39.